The maximum Gasteiger partial charge on any atom is 0.353 e. The number of fused-ring (bicyclic) bond motifs is 1. The molecular weight excluding hydrogens is 412 g/mol. The number of aliphatic hydroxyl groups excluding tert-OH is 1. The number of aliphatic carboxylic acids is 1. The number of carboxylic acids is 1. The van der Waals surface area contributed by atoms with Crippen LogP contribution in [-0.4, -0.2) is 71.7 Å². The molecular formula is C15H24N4O7S2. The van der Waals surface area contributed by atoms with Gasteiger partial charge in [0.2, 0.25) is 5.91 Å². The number of aliphatic hydroxyl groups is 1. The molecule has 2 rings (SSSR count). The molecule has 11 nitrogen and oxygen atoms in total. The summed E-state index contributed by atoms with van der Waals surface area (Å²) in [6.45, 7) is 3.04. The highest BCUT2D eigenvalue weighted by Crippen LogP contribution is 2.51. The van der Waals surface area contributed by atoms with E-state index in [1.54, 1.807) is 6.92 Å². The molecule has 158 valence electrons. The number of amides is 1. The van der Waals surface area contributed by atoms with Gasteiger partial charge in [0, 0.05) is 23.4 Å². The summed E-state index contributed by atoms with van der Waals surface area (Å²) in [7, 11) is -3.92. The topological polar surface area (TPSA) is 193 Å². The molecule has 7 N–H and O–H groups in total. The normalized spacial score (nSPS) is 27.8. The van der Waals surface area contributed by atoms with Gasteiger partial charge >= 0.3 is 5.97 Å². The van der Waals surface area contributed by atoms with E-state index in [4.69, 9.17) is 10.9 Å². The fourth-order valence-corrected chi connectivity index (χ4v) is 5.40. The first kappa shape index (κ1) is 22.8. The zero-order chi connectivity index (χ0) is 21.4. The van der Waals surface area contributed by atoms with Gasteiger partial charge < -0.3 is 25.6 Å². The van der Waals surface area contributed by atoms with Crippen molar-refractivity contribution in [3.63, 3.8) is 0 Å². The Hall–Kier alpha value is -1.51. The lowest BCUT2D eigenvalue weighted by molar-refractivity contribution is -0.163. The number of carbonyl (C=O) groups excluding carboxylic acids is 2. The molecule has 1 fully saturated rings. The van der Waals surface area contributed by atoms with Crippen LogP contribution < -0.4 is 15.6 Å². The summed E-state index contributed by atoms with van der Waals surface area (Å²) in [5, 5.41) is 23.5. The first-order chi connectivity index (χ1) is 12.9. The molecule has 1 saturated heterocycles. The van der Waals surface area contributed by atoms with Crippen LogP contribution in [0, 0.1) is 11.8 Å². The van der Waals surface area contributed by atoms with Gasteiger partial charge in [0.05, 0.1) is 23.3 Å². The van der Waals surface area contributed by atoms with Crippen molar-refractivity contribution in [2.24, 2.45) is 22.7 Å². The number of hydrogen-bond donors (Lipinski definition) is 5. The van der Waals surface area contributed by atoms with E-state index < -0.39 is 51.4 Å². The molecule has 0 saturated carbocycles. The van der Waals surface area contributed by atoms with Crippen molar-refractivity contribution in [3.8, 4) is 0 Å². The van der Waals surface area contributed by atoms with E-state index in [1.165, 1.54) is 6.92 Å². The first-order valence-corrected chi connectivity index (χ1v) is 10.9. The third-order valence-electron chi connectivity index (χ3n) is 4.82. The molecule has 0 unspecified atom stereocenters. The highest BCUT2D eigenvalue weighted by atomic mass is 32.2. The quantitative estimate of drug-likeness (QED) is 0.189. The molecule has 0 aliphatic carbocycles. The van der Waals surface area contributed by atoms with Gasteiger partial charge in [0.15, 0.2) is 0 Å². The lowest BCUT2D eigenvalue weighted by Crippen LogP contribution is -2.63. The van der Waals surface area contributed by atoms with Crippen molar-refractivity contribution in [1.29, 1.82) is 0 Å². The monoisotopic (exact) mass is 436 g/mol. The number of nitrogens with one attached hydrogen (secondary N) is 1. The van der Waals surface area contributed by atoms with Crippen LogP contribution in [-0.2, 0) is 24.6 Å². The summed E-state index contributed by atoms with van der Waals surface area (Å²) in [4.78, 5) is 37.1. The average molecular weight is 437 g/mol. The molecule has 28 heavy (non-hydrogen) atoms. The molecule has 0 bridgehead atoms. The predicted molar refractivity (Wildman–Crippen MR) is 101 cm³/mol. The molecule has 2 heterocycles. The molecule has 2 aliphatic heterocycles. The summed E-state index contributed by atoms with van der Waals surface area (Å²) in [6, 6.07) is -1.21. The molecule has 0 aromatic rings. The molecule has 0 radical (unpaired) electrons. The minimum atomic E-state index is -3.92. The van der Waals surface area contributed by atoms with E-state index in [2.05, 4.69) is 0 Å². The van der Waals surface area contributed by atoms with Gasteiger partial charge in [-0.1, -0.05) is 6.92 Å². The Balaban J connectivity index is 2.17. The predicted octanol–water partition coefficient (Wildman–Crippen LogP) is -2.05. The summed E-state index contributed by atoms with van der Waals surface area (Å²) in [5.74, 6) is -2.83. The Morgan fingerprint density at radius 3 is 2.54 bits per heavy atom. The Morgan fingerprint density at radius 2 is 2.07 bits per heavy atom. The maximum atomic E-state index is 12.3. The fourth-order valence-electron chi connectivity index (χ4n) is 3.58. The van der Waals surface area contributed by atoms with Gasteiger partial charge in [-0.15, -0.1) is 11.8 Å². The first-order valence-electron chi connectivity index (χ1n) is 8.52. The fraction of sp³-hybridized carbons (Fsp3) is 0.667. The summed E-state index contributed by atoms with van der Waals surface area (Å²) in [6.07, 6.45) is -0.252. The zero-order valence-corrected chi connectivity index (χ0v) is 16.9. The van der Waals surface area contributed by atoms with E-state index >= 15 is 0 Å². The second-order valence-corrected chi connectivity index (χ2v) is 9.61. The van der Waals surface area contributed by atoms with Crippen molar-refractivity contribution in [2.75, 3.05) is 6.54 Å². The van der Waals surface area contributed by atoms with Gasteiger partial charge in [-0.2, -0.15) is 8.42 Å². The van der Waals surface area contributed by atoms with E-state index in [-0.39, 0.29) is 24.6 Å². The van der Waals surface area contributed by atoms with Gasteiger partial charge in [0.25, 0.3) is 10.2 Å². The lowest BCUT2D eigenvalue weighted by Gasteiger charge is -2.46. The number of nitrogens with zero attached hydrogens (tertiary/aromatic N) is 1. The Kier molecular flexibility index (Phi) is 6.89. The third-order valence-corrected chi connectivity index (χ3v) is 6.82. The number of β-lactam (4-membered cyclic amide) rings is 1. The second-order valence-electron chi connectivity index (χ2n) is 6.95. The Bertz CT molecular complexity index is 798. The summed E-state index contributed by atoms with van der Waals surface area (Å²) < 4.78 is 23.9. The van der Waals surface area contributed by atoms with Crippen LogP contribution in [0.5, 0.6) is 0 Å². The maximum absolute atomic E-state index is 12.3. The van der Waals surface area contributed by atoms with Crippen LogP contribution in [0.3, 0.4) is 0 Å². The minimum Gasteiger partial charge on any atom is -0.477 e. The van der Waals surface area contributed by atoms with Crippen molar-refractivity contribution in [2.45, 2.75) is 43.7 Å². The van der Waals surface area contributed by atoms with Crippen molar-refractivity contribution in [1.82, 2.24) is 9.62 Å². The number of nitrogens with two attached hydrogens (primary N) is 2. The largest absolute Gasteiger partial charge is 0.477 e. The molecule has 6 atom stereocenters. The number of hydrogen-bond acceptors (Lipinski definition) is 8. The van der Waals surface area contributed by atoms with Crippen LogP contribution in [0.2, 0.25) is 0 Å². The van der Waals surface area contributed by atoms with Crippen molar-refractivity contribution >= 4 is 40.1 Å². The standard InChI is InChI=1S/C15H24N4O7S2/c1-6-11-10(7(2)21)14(22)19(11)12(15(23)24)13(6)27-9(5-20)3-8(16)4-18-28(17,25)26/h5-11,18,21H,3-4,16H2,1-2H3,(H,23,24)(H2,17,25,26)/t6-,7-,8+,9+,10-,11-/m1/s1. The van der Waals surface area contributed by atoms with Crippen LogP contribution >= 0.6 is 11.8 Å². The highest BCUT2D eigenvalue weighted by molar-refractivity contribution is 8.04. The molecule has 0 aromatic carbocycles. The minimum absolute atomic E-state index is 0.0677. The van der Waals surface area contributed by atoms with Crippen LogP contribution in [0.15, 0.2) is 10.6 Å². The van der Waals surface area contributed by atoms with Crippen molar-refractivity contribution in [3.05, 3.63) is 10.6 Å². The van der Waals surface area contributed by atoms with Gasteiger partial charge in [-0.05, 0) is 13.3 Å². The smallest absolute Gasteiger partial charge is 0.353 e. The summed E-state index contributed by atoms with van der Waals surface area (Å²) >= 11 is 0.989. The molecule has 1 amide bonds. The molecule has 2 aliphatic rings. The van der Waals surface area contributed by atoms with E-state index in [9.17, 15) is 33.0 Å². The van der Waals surface area contributed by atoms with Gasteiger partial charge in [-0.25, -0.2) is 14.7 Å². The van der Waals surface area contributed by atoms with Crippen LogP contribution in [0.25, 0.3) is 0 Å². The molecule has 0 aromatic heterocycles. The molecule has 0 spiro atoms. The SMILES string of the molecule is C[C@@H](O)[C@H]1C(=O)N2C(C(=O)O)=C(S[C@H](C=O)C[C@H](N)CNS(N)(=O)=O)[C@H](C)[C@H]12. The van der Waals surface area contributed by atoms with Gasteiger partial charge in [-0.3, -0.25) is 4.79 Å². The van der Waals surface area contributed by atoms with E-state index in [0.29, 0.717) is 11.2 Å². The van der Waals surface area contributed by atoms with Crippen LogP contribution in [0.4, 0.5) is 0 Å². The number of carbonyl (C=O) groups is 3. The van der Waals surface area contributed by atoms with Gasteiger partial charge in [0.1, 0.15) is 12.0 Å². The van der Waals surface area contributed by atoms with E-state index in [0.717, 1.165) is 16.7 Å². The third kappa shape index (κ3) is 4.55. The average Bonchev–Trinajstić information content (AvgIpc) is 2.80. The Morgan fingerprint density at radius 1 is 1.46 bits per heavy atom. The second kappa shape index (κ2) is 8.47. The highest BCUT2D eigenvalue weighted by Gasteiger charge is 2.60. The number of rotatable bonds is 10. The van der Waals surface area contributed by atoms with Crippen LogP contribution in [0.1, 0.15) is 20.3 Å². The van der Waals surface area contributed by atoms with Crippen molar-refractivity contribution < 1.29 is 33.0 Å². The number of aldehydes is 1. The van der Waals surface area contributed by atoms with E-state index in [1.807, 2.05) is 4.72 Å². The molecule has 13 heteroatoms. The number of carboxylic acid groups (broad SMARTS) is 1. The summed E-state index contributed by atoms with van der Waals surface area (Å²) in [5.41, 5.74) is 5.64. The number of thioether (sulfide) groups is 1. The zero-order valence-electron chi connectivity index (χ0n) is 15.3. The Labute approximate surface area is 166 Å². The lowest BCUT2D eigenvalue weighted by atomic mass is 9.79.